The number of sulfonamides is 2. The molecule has 0 bridgehead atoms. The molecule has 0 radical (unpaired) electrons. The van der Waals surface area contributed by atoms with E-state index in [4.69, 9.17) is 0 Å². The lowest BCUT2D eigenvalue weighted by molar-refractivity contribution is -0.119. The van der Waals surface area contributed by atoms with Gasteiger partial charge in [0.1, 0.15) is 0 Å². The number of benzene rings is 1. The number of nitrogens with zero attached hydrogens (tertiary/aromatic N) is 2. The summed E-state index contributed by atoms with van der Waals surface area (Å²) in [6.07, 6.45) is 0.241. The van der Waals surface area contributed by atoms with Crippen LogP contribution in [0.1, 0.15) is 25.8 Å². The second kappa shape index (κ2) is 7.33. The van der Waals surface area contributed by atoms with Gasteiger partial charge in [-0.1, -0.05) is 13.8 Å². The van der Waals surface area contributed by atoms with Crippen molar-refractivity contribution in [1.29, 1.82) is 0 Å². The van der Waals surface area contributed by atoms with Gasteiger partial charge in [-0.15, -0.1) is 0 Å². The summed E-state index contributed by atoms with van der Waals surface area (Å²) in [5, 5.41) is 0. The quantitative estimate of drug-likeness (QED) is 0.621. The van der Waals surface area contributed by atoms with Gasteiger partial charge < -0.3 is 0 Å². The van der Waals surface area contributed by atoms with Gasteiger partial charge in [-0.25, -0.2) is 29.6 Å². The van der Waals surface area contributed by atoms with Crippen molar-refractivity contribution in [3.8, 4) is 0 Å². The van der Waals surface area contributed by atoms with Gasteiger partial charge in [-0.05, 0) is 37.1 Å². The van der Waals surface area contributed by atoms with Gasteiger partial charge in [0, 0.05) is 12.6 Å². The molecule has 2 heterocycles. The third-order valence-corrected chi connectivity index (χ3v) is 11.1. The molecule has 0 saturated carbocycles. The highest BCUT2D eigenvalue weighted by molar-refractivity contribution is 7.94. The average Bonchev–Trinajstić information content (AvgIpc) is 3.03. The number of amides is 1. The predicted molar refractivity (Wildman–Crippen MR) is 108 cm³/mol. The Kier molecular flexibility index (Phi) is 5.61. The van der Waals surface area contributed by atoms with Crippen LogP contribution in [0.4, 0.5) is 5.69 Å². The van der Waals surface area contributed by atoms with Gasteiger partial charge in [0.2, 0.25) is 26.0 Å². The van der Waals surface area contributed by atoms with E-state index in [1.165, 1.54) is 36.4 Å². The van der Waals surface area contributed by atoms with Crippen LogP contribution in [0, 0.1) is 12.8 Å². The summed E-state index contributed by atoms with van der Waals surface area (Å²) in [6, 6.07) is 3.31. The number of carbonyl (C=O) groups excluding carboxylic acids is 1. The zero-order chi connectivity index (χ0) is 21.8. The van der Waals surface area contributed by atoms with Crippen molar-refractivity contribution in [3.63, 3.8) is 0 Å². The van der Waals surface area contributed by atoms with Gasteiger partial charge in [0.15, 0.2) is 9.84 Å². The fraction of sp³-hybridized carbons (Fsp3) is 0.588. The Balaban J connectivity index is 1.98. The van der Waals surface area contributed by atoms with Crippen LogP contribution in [-0.4, -0.2) is 65.3 Å². The number of aryl methyl sites for hydroxylation is 1. The SMILES string of the molecule is CCN([C@@H]1CCS(=O)(=O)C1)S(=O)(=O)c1ccc(N2C(=O)[C@H](C)CS2(=O)=O)cc1C. The molecule has 0 unspecified atom stereocenters. The molecule has 2 fully saturated rings. The highest BCUT2D eigenvalue weighted by Crippen LogP contribution is 2.32. The van der Waals surface area contributed by atoms with Crippen LogP contribution < -0.4 is 4.31 Å². The topological polar surface area (TPSA) is 126 Å². The normalized spacial score (nSPS) is 26.3. The first kappa shape index (κ1) is 22.2. The van der Waals surface area contributed by atoms with E-state index in [0.29, 0.717) is 0 Å². The summed E-state index contributed by atoms with van der Waals surface area (Å²) in [5.41, 5.74) is 0.381. The summed E-state index contributed by atoms with van der Waals surface area (Å²) in [5.74, 6) is -1.76. The molecule has 2 aliphatic rings. The van der Waals surface area contributed by atoms with Crippen molar-refractivity contribution in [2.75, 3.05) is 28.1 Å². The molecule has 12 heteroatoms. The first-order valence-corrected chi connectivity index (χ1v) is 14.1. The fourth-order valence-corrected chi connectivity index (χ4v) is 9.40. The van der Waals surface area contributed by atoms with Crippen LogP contribution in [0.2, 0.25) is 0 Å². The molecule has 9 nitrogen and oxygen atoms in total. The van der Waals surface area contributed by atoms with Gasteiger partial charge >= 0.3 is 0 Å². The van der Waals surface area contributed by atoms with Crippen molar-refractivity contribution in [2.45, 2.75) is 38.1 Å². The van der Waals surface area contributed by atoms with E-state index in [9.17, 15) is 30.0 Å². The molecule has 2 aliphatic heterocycles. The lowest BCUT2D eigenvalue weighted by Gasteiger charge is -2.27. The summed E-state index contributed by atoms with van der Waals surface area (Å²) in [7, 11) is -11.0. The number of hydrogen-bond acceptors (Lipinski definition) is 7. The lowest BCUT2D eigenvalue weighted by atomic mass is 10.2. The molecule has 0 aliphatic carbocycles. The highest BCUT2D eigenvalue weighted by Gasteiger charge is 2.43. The second-order valence-corrected chi connectivity index (χ2v) is 13.4. The second-order valence-electron chi connectivity index (χ2n) is 7.50. The Labute approximate surface area is 171 Å². The number of anilines is 1. The van der Waals surface area contributed by atoms with E-state index in [0.717, 1.165) is 4.31 Å². The maximum atomic E-state index is 13.2. The van der Waals surface area contributed by atoms with Crippen LogP contribution in [0.3, 0.4) is 0 Å². The van der Waals surface area contributed by atoms with Crippen molar-refractivity contribution in [3.05, 3.63) is 23.8 Å². The standard InChI is InChI=1S/C17H24N2O7S3/c1-4-18(15-7-8-27(21,22)11-15)29(25,26)16-6-5-14(9-12(16)2)19-17(20)13(3)10-28(19,23)24/h5-6,9,13,15H,4,7-8,10-11H2,1-3H3/t13-,15-/m1/s1. The number of sulfone groups is 1. The molecule has 29 heavy (non-hydrogen) atoms. The Morgan fingerprint density at radius 2 is 1.83 bits per heavy atom. The zero-order valence-corrected chi connectivity index (χ0v) is 18.8. The van der Waals surface area contributed by atoms with E-state index in [1.807, 2.05) is 0 Å². The Hall–Kier alpha value is -1.50. The van der Waals surface area contributed by atoms with Crippen molar-refractivity contribution >= 4 is 41.5 Å². The third kappa shape index (κ3) is 3.94. The van der Waals surface area contributed by atoms with Crippen LogP contribution in [0.5, 0.6) is 0 Å². The number of hydrogen-bond donors (Lipinski definition) is 0. The van der Waals surface area contributed by atoms with E-state index in [-0.39, 0.29) is 46.4 Å². The molecule has 1 aromatic rings. The molecule has 3 rings (SSSR count). The van der Waals surface area contributed by atoms with Crippen molar-refractivity contribution in [2.24, 2.45) is 5.92 Å². The molecule has 2 saturated heterocycles. The number of carbonyl (C=O) groups is 1. The first-order chi connectivity index (χ1) is 13.3. The van der Waals surface area contributed by atoms with E-state index < -0.39 is 47.8 Å². The van der Waals surface area contributed by atoms with E-state index in [1.54, 1.807) is 6.92 Å². The Morgan fingerprint density at radius 3 is 2.28 bits per heavy atom. The molecule has 0 spiro atoms. The van der Waals surface area contributed by atoms with Gasteiger partial charge in [0.05, 0.1) is 33.8 Å². The molecular weight excluding hydrogens is 440 g/mol. The Morgan fingerprint density at radius 1 is 1.17 bits per heavy atom. The van der Waals surface area contributed by atoms with Crippen LogP contribution in [0.15, 0.2) is 23.1 Å². The minimum absolute atomic E-state index is 0.0375. The van der Waals surface area contributed by atoms with E-state index >= 15 is 0 Å². The average molecular weight is 465 g/mol. The largest absolute Gasteiger partial charge is 0.273 e. The number of rotatable bonds is 5. The van der Waals surface area contributed by atoms with Crippen molar-refractivity contribution < 1.29 is 30.0 Å². The van der Waals surface area contributed by atoms with Crippen LogP contribution in [-0.2, 0) is 34.7 Å². The van der Waals surface area contributed by atoms with Crippen LogP contribution in [0.25, 0.3) is 0 Å². The molecule has 162 valence electrons. The summed E-state index contributed by atoms with van der Waals surface area (Å²) in [6.45, 7) is 4.80. The van der Waals surface area contributed by atoms with E-state index in [2.05, 4.69) is 0 Å². The molecular formula is C17H24N2O7S3. The molecule has 1 amide bonds. The fourth-order valence-electron chi connectivity index (χ4n) is 3.89. The minimum atomic E-state index is -3.99. The molecule has 0 N–H and O–H groups in total. The summed E-state index contributed by atoms with van der Waals surface area (Å²) >= 11 is 0. The van der Waals surface area contributed by atoms with Crippen molar-refractivity contribution in [1.82, 2.24) is 4.31 Å². The van der Waals surface area contributed by atoms with Crippen LogP contribution >= 0.6 is 0 Å². The zero-order valence-electron chi connectivity index (χ0n) is 16.4. The maximum absolute atomic E-state index is 13.2. The maximum Gasteiger partial charge on any atom is 0.244 e. The smallest absolute Gasteiger partial charge is 0.244 e. The lowest BCUT2D eigenvalue weighted by Crippen LogP contribution is -2.41. The molecule has 1 aromatic carbocycles. The molecule has 2 atom stereocenters. The summed E-state index contributed by atoms with van der Waals surface area (Å²) < 4.78 is 76.4. The highest BCUT2D eigenvalue weighted by atomic mass is 32.2. The monoisotopic (exact) mass is 464 g/mol. The minimum Gasteiger partial charge on any atom is -0.273 e. The van der Waals surface area contributed by atoms with Gasteiger partial charge in [-0.2, -0.15) is 4.31 Å². The predicted octanol–water partition coefficient (Wildman–Crippen LogP) is 0.505. The first-order valence-electron chi connectivity index (χ1n) is 9.20. The third-order valence-electron chi connectivity index (χ3n) is 5.27. The summed E-state index contributed by atoms with van der Waals surface area (Å²) in [4.78, 5) is 12.2. The van der Waals surface area contributed by atoms with Gasteiger partial charge in [0.25, 0.3) is 0 Å². The van der Waals surface area contributed by atoms with Gasteiger partial charge in [-0.3, -0.25) is 4.79 Å². The Bertz CT molecular complexity index is 1160. The molecule has 0 aromatic heterocycles.